The highest BCUT2D eigenvalue weighted by Crippen LogP contribution is 2.30. The summed E-state index contributed by atoms with van der Waals surface area (Å²) in [5.41, 5.74) is 0. The molecule has 0 radical (unpaired) electrons. The zero-order chi connectivity index (χ0) is 8.97. The van der Waals surface area contributed by atoms with Gasteiger partial charge in [-0.05, 0) is 24.5 Å². The molecule has 0 saturated carbocycles. The van der Waals surface area contributed by atoms with E-state index in [1.165, 1.54) is 4.88 Å². The van der Waals surface area contributed by atoms with E-state index in [0.29, 0.717) is 12.3 Å². The van der Waals surface area contributed by atoms with E-state index >= 15 is 0 Å². The monoisotopic (exact) mass is 199 g/mol. The molecule has 0 N–H and O–H groups in total. The number of nitrogens with zero attached hydrogens (tertiary/aromatic N) is 1. The largest absolute Gasteiger partial charge is 0.198 e. The Morgan fingerprint density at radius 1 is 1.67 bits per heavy atom. The molecule has 0 aliphatic carbocycles. The van der Waals surface area contributed by atoms with Crippen LogP contribution in [0.15, 0.2) is 12.1 Å². The van der Waals surface area contributed by atoms with E-state index < -0.39 is 0 Å². The lowest BCUT2D eigenvalue weighted by atomic mass is 10.0. The van der Waals surface area contributed by atoms with Gasteiger partial charge >= 0.3 is 0 Å². The Morgan fingerprint density at radius 3 is 2.92 bits per heavy atom. The zero-order valence-electron chi connectivity index (χ0n) is 6.88. The highest BCUT2D eigenvalue weighted by Gasteiger charge is 2.07. The summed E-state index contributed by atoms with van der Waals surface area (Å²) in [7, 11) is 0. The average Bonchev–Trinajstić information content (AvgIpc) is 2.47. The SMILES string of the molecule is CC(CCC#N)c1ccc(Cl)s1. The van der Waals surface area contributed by atoms with Gasteiger partial charge in [-0.15, -0.1) is 11.3 Å². The molecule has 0 fully saturated rings. The third kappa shape index (κ3) is 2.51. The Kier molecular flexibility index (Phi) is 3.58. The first kappa shape index (κ1) is 9.57. The van der Waals surface area contributed by atoms with Gasteiger partial charge in [-0.3, -0.25) is 0 Å². The number of hydrogen-bond acceptors (Lipinski definition) is 2. The molecule has 1 nitrogen and oxygen atoms in total. The third-order valence-corrected chi connectivity index (χ3v) is 3.23. The van der Waals surface area contributed by atoms with Crippen LogP contribution < -0.4 is 0 Å². The van der Waals surface area contributed by atoms with Gasteiger partial charge in [0.15, 0.2) is 0 Å². The molecule has 0 aliphatic rings. The quantitative estimate of drug-likeness (QED) is 0.727. The van der Waals surface area contributed by atoms with Gasteiger partial charge in [-0.2, -0.15) is 5.26 Å². The van der Waals surface area contributed by atoms with Gasteiger partial charge in [-0.25, -0.2) is 0 Å². The van der Waals surface area contributed by atoms with Crippen molar-refractivity contribution >= 4 is 22.9 Å². The topological polar surface area (TPSA) is 23.8 Å². The van der Waals surface area contributed by atoms with Crippen LogP contribution in [0.3, 0.4) is 0 Å². The second-order valence-electron chi connectivity index (χ2n) is 2.74. The molecular formula is C9H10ClNS. The van der Waals surface area contributed by atoms with E-state index in [1.807, 2.05) is 12.1 Å². The molecule has 1 heterocycles. The van der Waals surface area contributed by atoms with Gasteiger partial charge in [0.05, 0.1) is 10.4 Å². The van der Waals surface area contributed by atoms with E-state index in [2.05, 4.69) is 13.0 Å². The molecule has 12 heavy (non-hydrogen) atoms. The average molecular weight is 200 g/mol. The molecule has 0 aliphatic heterocycles. The number of halogens is 1. The fraction of sp³-hybridized carbons (Fsp3) is 0.444. The first-order valence-corrected chi connectivity index (χ1v) is 5.05. The van der Waals surface area contributed by atoms with Crippen LogP contribution >= 0.6 is 22.9 Å². The summed E-state index contributed by atoms with van der Waals surface area (Å²) in [6.45, 7) is 2.12. The Labute approximate surface area is 81.6 Å². The Bertz CT molecular complexity index is 287. The number of rotatable bonds is 3. The predicted octanol–water partition coefficient (Wildman–Crippen LogP) is 3.81. The molecule has 0 spiro atoms. The van der Waals surface area contributed by atoms with Crippen molar-refractivity contribution in [1.82, 2.24) is 0 Å². The minimum absolute atomic E-state index is 0.460. The summed E-state index contributed by atoms with van der Waals surface area (Å²) >= 11 is 7.39. The summed E-state index contributed by atoms with van der Waals surface area (Å²) in [5.74, 6) is 0.460. The maximum atomic E-state index is 8.39. The molecule has 0 amide bonds. The molecule has 3 heteroatoms. The van der Waals surface area contributed by atoms with E-state index in [-0.39, 0.29) is 0 Å². The van der Waals surface area contributed by atoms with Crippen LogP contribution in [0.2, 0.25) is 4.34 Å². The lowest BCUT2D eigenvalue weighted by Crippen LogP contribution is -1.88. The van der Waals surface area contributed by atoms with E-state index in [0.717, 1.165) is 10.8 Å². The van der Waals surface area contributed by atoms with Gasteiger partial charge in [-0.1, -0.05) is 18.5 Å². The minimum atomic E-state index is 0.460. The van der Waals surface area contributed by atoms with Gasteiger partial charge in [0, 0.05) is 11.3 Å². The van der Waals surface area contributed by atoms with Crippen LogP contribution in [0.5, 0.6) is 0 Å². The third-order valence-electron chi connectivity index (χ3n) is 1.77. The molecule has 1 unspecified atom stereocenters. The standard InChI is InChI=1S/C9H10ClNS/c1-7(3-2-6-11)8-4-5-9(10)12-8/h4-5,7H,2-3H2,1H3. The summed E-state index contributed by atoms with van der Waals surface area (Å²) < 4.78 is 0.828. The van der Waals surface area contributed by atoms with E-state index in [9.17, 15) is 0 Å². The maximum Gasteiger partial charge on any atom is 0.0931 e. The van der Waals surface area contributed by atoms with Crippen molar-refractivity contribution in [3.63, 3.8) is 0 Å². The number of hydrogen-bond donors (Lipinski definition) is 0. The number of thiophene rings is 1. The van der Waals surface area contributed by atoms with Crippen LogP contribution in [0.4, 0.5) is 0 Å². The lowest BCUT2D eigenvalue weighted by Gasteiger charge is -2.04. The first-order valence-electron chi connectivity index (χ1n) is 3.86. The van der Waals surface area contributed by atoms with Crippen LogP contribution in [0, 0.1) is 11.3 Å². The molecular weight excluding hydrogens is 190 g/mol. The van der Waals surface area contributed by atoms with E-state index in [4.69, 9.17) is 16.9 Å². The van der Waals surface area contributed by atoms with Crippen molar-refractivity contribution in [2.24, 2.45) is 0 Å². The fourth-order valence-electron chi connectivity index (χ4n) is 1.02. The van der Waals surface area contributed by atoms with Gasteiger partial charge in [0.2, 0.25) is 0 Å². The summed E-state index contributed by atoms with van der Waals surface area (Å²) in [4.78, 5) is 1.27. The highest BCUT2D eigenvalue weighted by atomic mass is 35.5. The summed E-state index contributed by atoms with van der Waals surface area (Å²) in [6.07, 6.45) is 1.55. The highest BCUT2D eigenvalue weighted by molar-refractivity contribution is 7.16. The molecule has 0 saturated heterocycles. The molecule has 1 rings (SSSR count). The maximum absolute atomic E-state index is 8.39. The van der Waals surface area contributed by atoms with Gasteiger partial charge in [0.1, 0.15) is 0 Å². The fourth-order valence-corrected chi connectivity index (χ4v) is 2.16. The van der Waals surface area contributed by atoms with E-state index in [1.54, 1.807) is 11.3 Å². The Morgan fingerprint density at radius 2 is 2.42 bits per heavy atom. The minimum Gasteiger partial charge on any atom is -0.198 e. The Balaban J connectivity index is 2.54. The summed E-state index contributed by atoms with van der Waals surface area (Å²) in [5, 5.41) is 8.39. The van der Waals surface area contributed by atoms with Gasteiger partial charge < -0.3 is 0 Å². The molecule has 0 aromatic carbocycles. The molecule has 1 aromatic heterocycles. The normalized spacial score (nSPS) is 12.4. The van der Waals surface area contributed by atoms with Gasteiger partial charge in [0.25, 0.3) is 0 Å². The van der Waals surface area contributed by atoms with Crippen molar-refractivity contribution in [3.05, 3.63) is 21.3 Å². The van der Waals surface area contributed by atoms with Crippen LogP contribution in [-0.2, 0) is 0 Å². The summed E-state index contributed by atoms with van der Waals surface area (Å²) in [6, 6.07) is 6.09. The van der Waals surface area contributed by atoms with Crippen LogP contribution in [-0.4, -0.2) is 0 Å². The van der Waals surface area contributed by atoms with Crippen LogP contribution in [0.25, 0.3) is 0 Å². The zero-order valence-corrected chi connectivity index (χ0v) is 8.45. The smallest absolute Gasteiger partial charge is 0.0931 e. The van der Waals surface area contributed by atoms with Crippen molar-refractivity contribution in [2.75, 3.05) is 0 Å². The molecule has 1 atom stereocenters. The molecule has 0 bridgehead atoms. The van der Waals surface area contributed by atoms with Crippen molar-refractivity contribution in [2.45, 2.75) is 25.7 Å². The van der Waals surface area contributed by atoms with Crippen molar-refractivity contribution < 1.29 is 0 Å². The lowest BCUT2D eigenvalue weighted by molar-refractivity contribution is 0.707. The second-order valence-corrected chi connectivity index (χ2v) is 4.49. The second kappa shape index (κ2) is 4.49. The predicted molar refractivity (Wildman–Crippen MR) is 52.6 cm³/mol. The first-order chi connectivity index (χ1) is 5.74. The molecule has 1 aromatic rings. The Hall–Kier alpha value is -0.520. The molecule has 64 valence electrons. The van der Waals surface area contributed by atoms with Crippen LogP contribution in [0.1, 0.15) is 30.6 Å². The van der Waals surface area contributed by atoms with Crippen molar-refractivity contribution in [1.29, 1.82) is 5.26 Å². The number of nitriles is 1. The van der Waals surface area contributed by atoms with Crippen molar-refractivity contribution in [3.8, 4) is 6.07 Å².